The van der Waals surface area contributed by atoms with E-state index in [2.05, 4.69) is 27.3 Å². The van der Waals surface area contributed by atoms with Crippen LogP contribution in [0.5, 0.6) is 0 Å². The zero-order valence-electron chi connectivity index (χ0n) is 10.9. The molecule has 0 aliphatic carbocycles. The number of benzene rings is 2. The van der Waals surface area contributed by atoms with E-state index in [0.29, 0.717) is 0 Å². The summed E-state index contributed by atoms with van der Waals surface area (Å²) in [4.78, 5) is 0. The van der Waals surface area contributed by atoms with Crippen molar-refractivity contribution in [3.8, 4) is 6.07 Å². The van der Waals surface area contributed by atoms with E-state index < -0.39 is 0 Å². The summed E-state index contributed by atoms with van der Waals surface area (Å²) in [6.07, 6.45) is 0. The van der Waals surface area contributed by atoms with Crippen molar-refractivity contribution in [2.45, 2.75) is 19.9 Å². The molecule has 2 aromatic carbocycles. The Kier molecular flexibility index (Phi) is 4.24. The fraction of sp³-hybridized carbons (Fsp3) is 0.188. The average Bonchev–Trinajstić information content (AvgIpc) is 2.37. The lowest BCUT2D eigenvalue weighted by Gasteiger charge is -2.18. The molecule has 1 N–H and O–H groups in total. The predicted molar refractivity (Wildman–Crippen MR) is 82.0 cm³/mol. The second kappa shape index (κ2) is 5.90. The molecule has 96 valence electrons. The highest BCUT2D eigenvalue weighted by Crippen LogP contribution is 2.26. The number of hydrogen-bond donors (Lipinski definition) is 1. The van der Waals surface area contributed by atoms with Crippen molar-refractivity contribution in [2.75, 3.05) is 5.32 Å². The van der Waals surface area contributed by atoms with E-state index in [-0.39, 0.29) is 6.04 Å². The molecule has 0 radical (unpaired) electrons. The zero-order valence-corrected chi connectivity index (χ0v) is 12.5. The van der Waals surface area contributed by atoms with Gasteiger partial charge in [-0.05, 0) is 48.7 Å². The molecule has 2 aromatic rings. The number of halogens is 1. The van der Waals surface area contributed by atoms with Crippen LogP contribution in [0.15, 0.2) is 46.9 Å². The first-order valence-corrected chi connectivity index (χ1v) is 6.89. The van der Waals surface area contributed by atoms with Gasteiger partial charge in [-0.1, -0.05) is 40.2 Å². The molecule has 0 heterocycles. The molecular formula is C16H15BrN2. The molecule has 1 unspecified atom stereocenters. The van der Waals surface area contributed by atoms with Gasteiger partial charge in [0, 0.05) is 10.2 Å². The molecule has 0 amide bonds. The van der Waals surface area contributed by atoms with Gasteiger partial charge >= 0.3 is 0 Å². The molecule has 0 spiro atoms. The Bertz CT molecular complexity index is 609. The predicted octanol–water partition coefficient (Wildman–Crippen LogP) is 4.74. The Hall–Kier alpha value is -1.79. The number of aryl methyl sites for hydroxylation is 2. The van der Waals surface area contributed by atoms with E-state index in [4.69, 9.17) is 0 Å². The molecule has 3 heteroatoms. The largest absolute Gasteiger partial charge is 0.366 e. The fourth-order valence-electron chi connectivity index (χ4n) is 2.20. The molecule has 1 atom stereocenters. The van der Waals surface area contributed by atoms with E-state index >= 15 is 0 Å². The second-order valence-corrected chi connectivity index (χ2v) is 5.44. The molecule has 0 aliphatic rings. The Morgan fingerprint density at radius 2 is 1.74 bits per heavy atom. The van der Waals surface area contributed by atoms with E-state index in [1.165, 1.54) is 0 Å². The SMILES string of the molecule is Cc1cccc(C)c1C(C#N)Nc1cccc(Br)c1. The minimum atomic E-state index is -0.338. The van der Waals surface area contributed by atoms with Crippen LogP contribution in [0.25, 0.3) is 0 Å². The number of rotatable bonds is 3. The van der Waals surface area contributed by atoms with Crippen molar-refractivity contribution in [2.24, 2.45) is 0 Å². The van der Waals surface area contributed by atoms with Gasteiger partial charge in [-0.2, -0.15) is 5.26 Å². The highest BCUT2D eigenvalue weighted by molar-refractivity contribution is 9.10. The number of nitrogens with one attached hydrogen (secondary N) is 1. The van der Waals surface area contributed by atoms with E-state index in [9.17, 15) is 5.26 Å². The molecule has 0 saturated carbocycles. The molecule has 2 rings (SSSR count). The lowest BCUT2D eigenvalue weighted by atomic mass is 9.96. The van der Waals surface area contributed by atoms with Crippen LogP contribution < -0.4 is 5.32 Å². The quantitative estimate of drug-likeness (QED) is 0.888. The summed E-state index contributed by atoms with van der Waals surface area (Å²) < 4.78 is 0.996. The first-order chi connectivity index (χ1) is 9.11. The summed E-state index contributed by atoms with van der Waals surface area (Å²) in [5, 5.41) is 12.7. The zero-order chi connectivity index (χ0) is 13.8. The molecule has 2 nitrogen and oxygen atoms in total. The van der Waals surface area contributed by atoms with Crippen LogP contribution in [0.1, 0.15) is 22.7 Å². The van der Waals surface area contributed by atoms with Crippen molar-refractivity contribution in [3.05, 3.63) is 63.6 Å². The molecule has 0 aliphatic heterocycles. The van der Waals surface area contributed by atoms with Gasteiger partial charge in [0.05, 0.1) is 6.07 Å². The highest BCUT2D eigenvalue weighted by atomic mass is 79.9. The van der Waals surface area contributed by atoms with Gasteiger partial charge in [-0.15, -0.1) is 0 Å². The summed E-state index contributed by atoms with van der Waals surface area (Å²) >= 11 is 3.44. The van der Waals surface area contributed by atoms with Crippen molar-refractivity contribution >= 4 is 21.6 Å². The Balaban J connectivity index is 2.34. The van der Waals surface area contributed by atoms with Crippen LogP contribution in [-0.2, 0) is 0 Å². The van der Waals surface area contributed by atoms with Crippen molar-refractivity contribution < 1.29 is 0 Å². The molecule has 0 fully saturated rings. The molecular weight excluding hydrogens is 300 g/mol. The van der Waals surface area contributed by atoms with Crippen LogP contribution in [0.4, 0.5) is 5.69 Å². The summed E-state index contributed by atoms with van der Waals surface area (Å²) in [5.41, 5.74) is 4.26. The van der Waals surface area contributed by atoms with Gasteiger partial charge in [0.15, 0.2) is 0 Å². The molecule has 0 saturated heterocycles. The Labute approximate surface area is 122 Å². The van der Waals surface area contributed by atoms with Crippen LogP contribution >= 0.6 is 15.9 Å². The Morgan fingerprint density at radius 1 is 1.11 bits per heavy atom. The number of hydrogen-bond acceptors (Lipinski definition) is 2. The third kappa shape index (κ3) is 3.15. The van der Waals surface area contributed by atoms with Crippen LogP contribution in [-0.4, -0.2) is 0 Å². The normalized spacial score (nSPS) is 11.7. The van der Waals surface area contributed by atoms with Gasteiger partial charge in [-0.3, -0.25) is 0 Å². The standard InChI is InChI=1S/C16H15BrN2/c1-11-5-3-6-12(2)16(11)15(10-18)19-14-8-4-7-13(17)9-14/h3-9,15,19H,1-2H3. The smallest absolute Gasteiger partial charge is 0.140 e. The van der Waals surface area contributed by atoms with Crippen LogP contribution in [0.2, 0.25) is 0 Å². The number of nitriles is 1. The highest BCUT2D eigenvalue weighted by Gasteiger charge is 2.15. The first kappa shape index (κ1) is 13.6. The number of anilines is 1. The van der Waals surface area contributed by atoms with E-state index in [1.807, 2.05) is 56.3 Å². The Morgan fingerprint density at radius 3 is 2.32 bits per heavy atom. The monoisotopic (exact) mass is 314 g/mol. The molecule has 0 bridgehead atoms. The second-order valence-electron chi connectivity index (χ2n) is 4.52. The lowest BCUT2D eigenvalue weighted by molar-refractivity contribution is 0.965. The van der Waals surface area contributed by atoms with Crippen LogP contribution in [0.3, 0.4) is 0 Å². The van der Waals surface area contributed by atoms with E-state index in [1.54, 1.807) is 0 Å². The molecule has 19 heavy (non-hydrogen) atoms. The maximum absolute atomic E-state index is 9.43. The third-order valence-electron chi connectivity index (χ3n) is 3.10. The summed E-state index contributed by atoms with van der Waals surface area (Å²) in [6, 6.07) is 15.9. The van der Waals surface area contributed by atoms with Crippen molar-refractivity contribution in [3.63, 3.8) is 0 Å². The minimum Gasteiger partial charge on any atom is -0.366 e. The van der Waals surface area contributed by atoms with Crippen molar-refractivity contribution in [1.82, 2.24) is 0 Å². The van der Waals surface area contributed by atoms with Gasteiger partial charge in [0.1, 0.15) is 6.04 Å². The van der Waals surface area contributed by atoms with Gasteiger partial charge in [-0.25, -0.2) is 0 Å². The summed E-state index contributed by atoms with van der Waals surface area (Å²) in [6.45, 7) is 4.07. The molecule has 0 aromatic heterocycles. The minimum absolute atomic E-state index is 0.338. The maximum Gasteiger partial charge on any atom is 0.140 e. The topological polar surface area (TPSA) is 35.8 Å². The van der Waals surface area contributed by atoms with Crippen LogP contribution in [0, 0.1) is 25.2 Å². The first-order valence-electron chi connectivity index (χ1n) is 6.09. The van der Waals surface area contributed by atoms with E-state index in [0.717, 1.165) is 26.9 Å². The summed E-state index contributed by atoms with van der Waals surface area (Å²) in [5.74, 6) is 0. The lowest BCUT2D eigenvalue weighted by Crippen LogP contribution is -2.11. The van der Waals surface area contributed by atoms with Gasteiger partial charge in [0.25, 0.3) is 0 Å². The van der Waals surface area contributed by atoms with Gasteiger partial charge < -0.3 is 5.32 Å². The maximum atomic E-state index is 9.43. The van der Waals surface area contributed by atoms with Crippen molar-refractivity contribution in [1.29, 1.82) is 5.26 Å². The average molecular weight is 315 g/mol. The summed E-state index contributed by atoms with van der Waals surface area (Å²) in [7, 11) is 0. The number of nitrogens with zero attached hydrogens (tertiary/aromatic N) is 1. The fourth-order valence-corrected chi connectivity index (χ4v) is 2.60. The van der Waals surface area contributed by atoms with Gasteiger partial charge in [0.2, 0.25) is 0 Å². The third-order valence-corrected chi connectivity index (χ3v) is 3.59.